The van der Waals surface area contributed by atoms with Gasteiger partial charge in [-0.15, -0.1) is 0 Å². The highest BCUT2D eigenvalue weighted by Crippen LogP contribution is 2.49. The number of hydrogen-bond acceptors (Lipinski definition) is 7. The zero-order chi connectivity index (χ0) is 22.3. The summed E-state index contributed by atoms with van der Waals surface area (Å²) in [6, 6.07) is 2.33. The van der Waals surface area contributed by atoms with Gasteiger partial charge in [0.2, 0.25) is 0 Å². The smallest absolute Gasteiger partial charge is 0.192 e. The first-order valence-corrected chi connectivity index (χ1v) is 10.8. The molecule has 8 heteroatoms. The molecule has 1 spiro atoms. The fraction of sp³-hybridized carbons (Fsp3) is 0.565. The lowest BCUT2D eigenvalue weighted by atomic mass is 9.71. The summed E-state index contributed by atoms with van der Waals surface area (Å²) in [7, 11) is 1.47. The van der Waals surface area contributed by atoms with E-state index in [2.05, 4.69) is 17.1 Å². The van der Waals surface area contributed by atoms with Gasteiger partial charge in [0.05, 0.1) is 20.0 Å². The van der Waals surface area contributed by atoms with Gasteiger partial charge in [-0.25, -0.2) is 4.39 Å². The second-order valence-corrected chi connectivity index (χ2v) is 8.73. The van der Waals surface area contributed by atoms with Crippen molar-refractivity contribution in [2.45, 2.75) is 44.4 Å². The van der Waals surface area contributed by atoms with Crippen LogP contribution < -0.4 is 5.32 Å². The lowest BCUT2D eigenvalue weighted by Crippen LogP contribution is -2.57. The number of halogens is 1. The van der Waals surface area contributed by atoms with Crippen LogP contribution in [0.15, 0.2) is 24.0 Å². The number of benzene rings is 1. The predicted molar refractivity (Wildman–Crippen MR) is 112 cm³/mol. The van der Waals surface area contributed by atoms with Crippen LogP contribution in [0.25, 0.3) is 0 Å². The average molecular weight is 432 g/mol. The van der Waals surface area contributed by atoms with Crippen LogP contribution in [0.5, 0.6) is 0 Å². The second kappa shape index (κ2) is 8.33. The van der Waals surface area contributed by atoms with Crippen molar-refractivity contribution in [2.75, 3.05) is 32.1 Å². The number of hydrogen-bond donors (Lipinski definition) is 3. The van der Waals surface area contributed by atoms with Crippen LogP contribution in [0.1, 0.15) is 42.1 Å². The summed E-state index contributed by atoms with van der Waals surface area (Å²) in [5, 5.41) is 22.5. The summed E-state index contributed by atoms with van der Waals surface area (Å²) in [5.41, 5.74) is 0.598. The number of ether oxygens (including phenoxy) is 1. The maximum Gasteiger partial charge on any atom is 0.192 e. The molecule has 2 saturated heterocycles. The van der Waals surface area contributed by atoms with E-state index < -0.39 is 24.6 Å². The topological polar surface area (TPSA) is 99.1 Å². The molecule has 0 unspecified atom stereocenters. The molecular formula is C23H29FN2O5. The van der Waals surface area contributed by atoms with Gasteiger partial charge in [0.15, 0.2) is 11.6 Å². The highest BCUT2D eigenvalue weighted by molar-refractivity contribution is 6.15. The molecule has 0 amide bonds. The van der Waals surface area contributed by atoms with Gasteiger partial charge >= 0.3 is 0 Å². The summed E-state index contributed by atoms with van der Waals surface area (Å²) >= 11 is 0. The third kappa shape index (κ3) is 3.37. The Kier molecular flexibility index (Phi) is 5.89. The number of rotatable bonds is 6. The number of Topliss-reactive ketones (excluding diaryl/α,β-unsaturated/α-hetero) is 2. The fourth-order valence-electron chi connectivity index (χ4n) is 5.84. The largest absolute Gasteiger partial charge is 0.504 e. The van der Waals surface area contributed by atoms with E-state index in [-0.39, 0.29) is 35.0 Å². The van der Waals surface area contributed by atoms with E-state index in [9.17, 15) is 24.2 Å². The standard InChI is InChI=1S/C23H29FN2O5/c1-3-13-9-26-5-4-23(20(26)8-16(13)17(12-31-2)19(29)11-28)22(30)21-14(10-27)6-15(24)7-18(21)25-23/h6-7,12-13,16,20,25,27-28H,3-5,8-11H2,1-2H3/b17-12+/t13-,16+,20+,23+/m1/s1. The number of carbonyl (C=O) groups is 2. The first-order valence-electron chi connectivity index (χ1n) is 10.8. The number of anilines is 1. The van der Waals surface area contributed by atoms with Crippen molar-refractivity contribution >= 4 is 17.3 Å². The number of ketones is 2. The summed E-state index contributed by atoms with van der Waals surface area (Å²) in [6.45, 7) is 2.51. The van der Waals surface area contributed by atoms with Crippen LogP contribution in [-0.2, 0) is 16.1 Å². The van der Waals surface area contributed by atoms with Crippen molar-refractivity contribution in [3.8, 4) is 0 Å². The maximum atomic E-state index is 14.1. The minimum Gasteiger partial charge on any atom is -0.504 e. The number of carbonyl (C=O) groups excluding carboxylic acids is 2. The van der Waals surface area contributed by atoms with Gasteiger partial charge in [-0.2, -0.15) is 0 Å². The SMILES string of the molecule is CC[C@@H]1CN2CC[C@]3(Nc4cc(F)cc(CO)c4C3=O)[C@@H]2C[C@@H]1/C(=C\OC)C(=O)CO. The van der Waals surface area contributed by atoms with Crippen molar-refractivity contribution in [1.82, 2.24) is 4.90 Å². The third-order valence-corrected chi connectivity index (χ3v) is 7.30. The monoisotopic (exact) mass is 432 g/mol. The Morgan fingerprint density at radius 1 is 1.42 bits per heavy atom. The lowest BCUT2D eigenvalue weighted by Gasteiger charge is -2.45. The van der Waals surface area contributed by atoms with Crippen molar-refractivity contribution < 1.29 is 28.9 Å². The summed E-state index contributed by atoms with van der Waals surface area (Å²) in [4.78, 5) is 28.4. The van der Waals surface area contributed by atoms with Crippen molar-refractivity contribution in [2.24, 2.45) is 11.8 Å². The van der Waals surface area contributed by atoms with Gasteiger partial charge in [-0.1, -0.05) is 13.3 Å². The molecule has 0 saturated carbocycles. The van der Waals surface area contributed by atoms with Gasteiger partial charge in [0, 0.05) is 36.0 Å². The minimum atomic E-state index is -0.919. The van der Waals surface area contributed by atoms with Crippen LogP contribution in [0, 0.1) is 17.7 Å². The van der Waals surface area contributed by atoms with E-state index in [1.165, 1.54) is 25.5 Å². The van der Waals surface area contributed by atoms with E-state index >= 15 is 0 Å². The molecule has 3 aliphatic rings. The number of nitrogens with zero attached hydrogens (tertiary/aromatic N) is 1. The second-order valence-electron chi connectivity index (χ2n) is 8.73. The molecule has 4 rings (SSSR count). The predicted octanol–water partition coefficient (Wildman–Crippen LogP) is 1.88. The summed E-state index contributed by atoms with van der Waals surface area (Å²) in [6.07, 6.45) is 3.38. The zero-order valence-corrected chi connectivity index (χ0v) is 17.9. The molecule has 4 atom stereocenters. The van der Waals surface area contributed by atoms with Crippen LogP contribution in [0.2, 0.25) is 0 Å². The number of aliphatic hydroxyl groups is 2. The van der Waals surface area contributed by atoms with Crippen LogP contribution in [0.4, 0.5) is 10.1 Å². The molecule has 1 aromatic rings. The zero-order valence-electron chi connectivity index (χ0n) is 17.9. The molecule has 3 aliphatic heterocycles. The van der Waals surface area contributed by atoms with Gasteiger partial charge in [0.1, 0.15) is 18.0 Å². The maximum absolute atomic E-state index is 14.1. The first kappa shape index (κ1) is 21.9. The minimum absolute atomic E-state index is 0.126. The molecule has 0 aliphatic carbocycles. The molecule has 168 valence electrons. The highest BCUT2D eigenvalue weighted by atomic mass is 19.1. The van der Waals surface area contributed by atoms with Crippen LogP contribution in [-0.4, -0.2) is 65.1 Å². The number of piperidine rings is 1. The number of aliphatic hydroxyl groups excluding tert-OH is 2. The molecule has 3 heterocycles. The molecule has 0 radical (unpaired) electrons. The van der Waals surface area contributed by atoms with Crippen LogP contribution >= 0.6 is 0 Å². The van der Waals surface area contributed by atoms with Gasteiger partial charge < -0.3 is 20.3 Å². The lowest BCUT2D eigenvalue weighted by molar-refractivity contribution is -0.119. The number of fused-ring (bicyclic) bond motifs is 3. The molecule has 7 nitrogen and oxygen atoms in total. The van der Waals surface area contributed by atoms with Crippen molar-refractivity contribution in [1.29, 1.82) is 0 Å². The van der Waals surface area contributed by atoms with Crippen molar-refractivity contribution in [3.63, 3.8) is 0 Å². The Bertz CT molecular complexity index is 933. The number of methoxy groups -OCH3 is 1. The van der Waals surface area contributed by atoms with Gasteiger partial charge in [-0.05, 0) is 42.4 Å². The molecule has 31 heavy (non-hydrogen) atoms. The molecule has 0 aromatic heterocycles. The Labute approximate surface area is 180 Å². The van der Waals surface area contributed by atoms with Gasteiger partial charge in [-0.3, -0.25) is 14.5 Å². The van der Waals surface area contributed by atoms with E-state index in [0.717, 1.165) is 19.5 Å². The Morgan fingerprint density at radius 3 is 2.84 bits per heavy atom. The molecule has 0 bridgehead atoms. The van der Waals surface area contributed by atoms with E-state index in [1.54, 1.807) is 0 Å². The Balaban J connectivity index is 1.72. The Morgan fingerprint density at radius 2 is 2.19 bits per heavy atom. The Hall–Kier alpha value is -2.29. The fourth-order valence-corrected chi connectivity index (χ4v) is 5.84. The average Bonchev–Trinajstić information content (AvgIpc) is 3.27. The molecular weight excluding hydrogens is 403 g/mol. The quantitative estimate of drug-likeness (QED) is 0.466. The molecule has 3 N–H and O–H groups in total. The normalized spacial score (nSPS) is 30.3. The summed E-state index contributed by atoms with van der Waals surface area (Å²) in [5.74, 6) is -0.967. The summed E-state index contributed by atoms with van der Waals surface area (Å²) < 4.78 is 19.2. The van der Waals surface area contributed by atoms with Gasteiger partial charge in [0.25, 0.3) is 0 Å². The van der Waals surface area contributed by atoms with Crippen molar-refractivity contribution in [3.05, 3.63) is 40.9 Å². The third-order valence-electron chi connectivity index (χ3n) is 7.30. The first-order chi connectivity index (χ1) is 14.9. The number of nitrogens with one attached hydrogen (secondary N) is 1. The van der Waals surface area contributed by atoms with E-state index in [1.807, 2.05) is 0 Å². The molecule has 1 aromatic carbocycles. The highest BCUT2D eigenvalue weighted by Gasteiger charge is 2.59. The van der Waals surface area contributed by atoms with E-state index in [4.69, 9.17) is 4.74 Å². The van der Waals surface area contributed by atoms with Crippen LogP contribution in [0.3, 0.4) is 0 Å². The molecule has 2 fully saturated rings. The van der Waals surface area contributed by atoms with E-state index in [0.29, 0.717) is 29.7 Å².